The Morgan fingerprint density at radius 2 is 1.81 bits per heavy atom. The molecule has 0 unspecified atom stereocenters. The average Bonchev–Trinajstić information content (AvgIpc) is 3.09. The number of amides is 3. The lowest BCUT2D eigenvalue weighted by molar-refractivity contribution is -0.123. The molecule has 190 valence electrons. The van der Waals surface area contributed by atoms with Crippen LogP contribution in [-0.4, -0.2) is 21.3 Å². The molecule has 37 heavy (non-hydrogen) atoms. The first-order valence-corrected chi connectivity index (χ1v) is 13.8. The first kappa shape index (κ1) is 27.9. The van der Waals surface area contributed by atoms with E-state index in [1.54, 1.807) is 42.5 Å². The van der Waals surface area contributed by atoms with Crippen molar-refractivity contribution in [2.75, 3.05) is 5.32 Å². The minimum atomic E-state index is -0.683. The van der Waals surface area contributed by atoms with Crippen molar-refractivity contribution < 1.29 is 18.7 Å². The molecule has 3 aromatic carbocycles. The van der Waals surface area contributed by atoms with Crippen molar-refractivity contribution in [2.45, 2.75) is 6.61 Å². The van der Waals surface area contributed by atoms with Crippen molar-refractivity contribution in [3.8, 4) is 5.75 Å². The summed E-state index contributed by atoms with van der Waals surface area (Å²) >= 11 is 25.1. The molecule has 4 rings (SSSR count). The first-order chi connectivity index (χ1) is 17.6. The van der Waals surface area contributed by atoms with Gasteiger partial charge in [-0.15, -0.1) is 0 Å². The lowest BCUT2D eigenvalue weighted by Gasteiger charge is -2.16. The van der Waals surface area contributed by atoms with E-state index in [0.717, 1.165) is 16.8 Å². The summed E-state index contributed by atoms with van der Waals surface area (Å²) in [5.41, 5.74) is 3.91. The largest absolute Gasteiger partial charge is 0.486 e. The highest BCUT2D eigenvalue weighted by atomic mass is 79.9. The number of carbonyl (C=O) groups is 2. The van der Waals surface area contributed by atoms with E-state index in [-0.39, 0.29) is 21.8 Å². The van der Waals surface area contributed by atoms with Crippen molar-refractivity contribution >= 4 is 107 Å². The number of hydrogen-bond acceptors (Lipinski definition) is 5. The molecular weight excluding hydrogens is 692 g/mol. The molecular formula is C24H14Br2Cl2FN3O3S2. The highest BCUT2D eigenvalue weighted by molar-refractivity contribution is 9.11. The zero-order valence-electron chi connectivity index (χ0n) is 18.4. The van der Waals surface area contributed by atoms with E-state index < -0.39 is 11.9 Å². The third kappa shape index (κ3) is 6.84. The van der Waals surface area contributed by atoms with Gasteiger partial charge < -0.3 is 10.1 Å². The number of thiocarbonyl (C=S) groups is 1. The summed E-state index contributed by atoms with van der Waals surface area (Å²) in [7, 11) is 0. The summed E-state index contributed by atoms with van der Waals surface area (Å²) in [6, 6.07) is 13.8. The van der Waals surface area contributed by atoms with Gasteiger partial charge in [-0.3, -0.25) is 4.79 Å². The summed E-state index contributed by atoms with van der Waals surface area (Å²) in [6.07, 6.45) is 1.63. The van der Waals surface area contributed by atoms with Crippen LogP contribution in [-0.2, 0) is 11.4 Å². The second-order valence-corrected chi connectivity index (χ2v) is 11.6. The summed E-state index contributed by atoms with van der Waals surface area (Å²) in [4.78, 5) is 25.6. The number of hydrazine groups is 1. The maximum absolute atomic E-state index is 13.9. The van der Waals surface area contributed by atoms with Gasteiger partial charge in [0, 0.05) is 11.3 Å². The lowest BCUT2D eigenvalue weighted by atomic mass is 10.2. The Kier molecular flexibility index (Phi) is 9.15. The van der Waals surface area contributed by atoms with Gasteiger partial charge in [0.05, 0.1) is 23.9 Å². The molecule has 0 spiro atoms. The van der Waals surface area contributed by atoms with Crippen LogP contribution >= 0.6 is 79.0 Å². The zero-order chi connectivity index (χ0) is 26.7. The van der Waals surface area contributed by atoms with Crippen molar-refractivity contribution in [3.05, 3.63) is 95.4 Å². The van der Waals surface area contributed by atoms with Gasteiger partial charge in [-0.25, -0.2) is 14.6 Å². The molecule has 1 fully saturated rings. The van der Waals surface area contributed by atoms with Gasteiger partial charge in [-0.2, -0.15) is 5.01 Å². The second kappa shape index (κ2) is 12.1. The maximum Gasteiger partial charge on any atom is 0.338 e. The number of carbonyl (C=O) groups excluding carboxylic acids is 2. The SMILES string of the molecule is O=C(Nc1ccc(Cl)c(Cl)c1)NN1C(=O)/C(=C\c2cc(Br)c(OCc3ccccc3F)c(Br)c2)SC1=S. The van der Waals surface area contributed by atoms with Gasteiger partial charge in [-0.1, -0.05) is 53.2 Å². The number of benzene rings is 3. The smallest absolute Gasteiger partial charge is 0.338 e. The van der Waals surface area contributed by atoms with E-state index in [4.69, 9.17) is 40.2 Å². The van der Waals surface area contributed by atoms with E-state index in [1.165, 1.54) is 18.2 Å². The van der Waals surface area contributed by atoms with E-state index in [0.29, 0.717) is 41.4 Å². The molecule has 1 aliphatic rings. The third-order valence-corrected chi connectivity index (χ3v) is 8.05. The van der Waals surface area contributed by atoms with Gasteiger partial charge in [-0.05, 0) is 92.1 Å². The molecule has 2 N–H and O–H groups in total. The van der Waals surface area contributed by atoms with Crippen LogP contribution in [0, 0.1) is 5.82 Å². The Labute approximate surface area is 247 Å². The minimum absolute atomic E-state index is 0.0395. The van der Waals surface area contributed by atoms with Gasteiger partial charge in [0.2, 0.25) is 0 Å². The number of halogens is 5. The molecule has 6 nitrogen and oxygen atoms in total. The summed E-state index contributed by atoms with van der Waals surface area (Å²) in [6.45, 7) is 0.0395. The lowest BCUT2D eigenvalue weighted by Crippen LogP contribution is -2.46. The molecule has 0 aromatic heterocycles. The zero-order valence-corrected chi connectivity index (χ0v) is 24.7. The number of nitrogens with zero attached hydrogens (tertiary/aromatic N) is 1. The molecule has 3 amide bonds. The number of nitrogens with one attached hydrogen (secondary N) is 2. The number of ether oxygens (including phenoxy) is 1. The van der Waals surface area contributed by atoms with Crippen LogP contribution in [0.3, 0.4) is 0 Å². The minimum Gasteiger partial charge on any atom is -0.486 e. The summed E-state index contributed by atoms with van der Waals surface area (Å²) in [5.74, 6) is -0.368. The molecule has 1 aliphatic heterocycles. The Hall–Kier alpha value is -2.15. The summed E-state index contributed by atoms with van der Waals surface area (Å²) in [5, 5.41) is 4.16. The Morgan fingerprint density at radius 1 is 1.11 bits per heavy atom. The number of hydrogen-bond donors (Lipinski definition) is 2. The molecule has 1 heterocycles. The van der Waals surface area contributed by atoms with E-state index in [9.17, 15) is 14.0 Å². The second-order valence-electron chi connectivity index (χ2n) is 7.41. The molecule has 1 saturated heterocycles. The maximum atomic E-state index is 13.9. The fourth-order valence-electron chi connectivity index (χ4n) is 3.12. The van der Waals surface area contributed by atoms with Crippen LogP contribution < -0.4 is 15.5 Å². The van der Waals surface area contributed by atoms with Crippen LogP contribution in [0.4, 0.5) is 14.9 Å². The van der Waals surface area contributed by atoms with Crippen LogP contribution in [0.15, 0.2) is 68.4 Å². The molecule has 0 radical (unpaired) electrons. The fourth-order valence-corrected chi connectivity index (χ4v) is 6.04. The predicted molar refractivity (Wildman–Crippen MR) is 156 cm³/mol. The molecule has 0 saturated carbocycles. The average molecular weight is 706 g/mol. The molecule has 0 atom stereocenters. The Bertz CT molecular complexity index is 1440. The van der Waals surface area contributed by atoms with Crippen molar-refractivity contribution in [1.29, 1.82) is 0 Å². The number of rotatable bonds is 6. The van der Waals surface area contributed by atoms with Crippen LogP contribution in [0.25, 0.3) is 6.08 Å². The quantitative estimate of drug-likeness (QED) is 0.200. The van der Waals surface area contributed by atoms with E-state index >= 15 is 0 Å². The van der Waals surface area contributed by atoms with E-state index in [1.807, 2.05) is 0 Å². The normalized spacial score (nSPS) is 14.3. The van der Waals surface area contributed by atoms with Crippen LogP contribution in [0.2, 0.25) is 10.0 Å². The van der Waals surface area contributed by atoms with E-state index in [2.05, 4.69) is 42.6 Å². The number of urea groups is 1. The van der Waals surface area contributed by atoms with Gasteiger partial charge >= 0.3 is 6.03 Å². The van der Waals surface area contributed by atoms with Gasteiger partial charge in [0.1, 0.15) is 18.2 Å². The Balaban J connectivity index is 1.44. The molecule has 3 aromatic rings. The fraction of sp³-hybridized carbons (Fsp3) is 0.0417. The molecule has 13 heteroatoms. The van der Waals surface area contributed by atoms with Crippen LogP contribution in [0.5, 0.6) is 5.75 Å². The van der Waals surface area contributed by atoms with Crippen LogP contribution in [0.1, 0.15) is 11.1 Å². The first-order valence-electron chi connectivity index (χ1n) is 10.3. The summed E-state index contributed by atoms with van der Waals surface area (Å²) < 4.78 is 21.0. The van der Waals surface area contributed by atoms with Gasteiger partial charge in [0.25, 0.3) is 5.91 Å². The predicted octanol–water partition coefficient (Wildman–Crippen LogP) is 8.17. The Morgan fingerprint density at radius 3 is 2.49 bits per heavy atom. The van der Waals surface area contributed by atoms with Crippen molar-refractivity contribution in [2.24, 2.45) is 0 Å². The molecule has 0 bridgehead atoms. The van der Waals surface area contributed by atoms with Gasteiger partial charge in [0.15, 0.2) is 4.32 Å². The number of thioether (sulfide) groups is 1. The highest BCUT2D eigenvalue weighted by Crippen LogP contribution is 2.38. The standard InChI is InChI=1S/C24H14Br2Cl2FN3O3S2/c25-15-7-12(8-16(26)21(15)35-11-13-3-1-2-4-19(13)29)9-20-22(33)32(24(36)37-20)31-23(34)30-14-5-6-17(27)18(28)10-14/h1-10H,11H2,(H2,30,31,34)/b20-9+. The molecule has 0 aliphatic carbocycles. The van der Waals surface area contributed by atoms with Crippen molar-refractivity contribution in [1.82, 2.24) is 10.4 Å². The monoisotopic (exact) mass is 703 g/mol. The van der Waals surface area contributed by atoms with Crippen molar-refractivity contribution in [3.63, 3.8) is 0 Å². The third-order valence-electron chi connectivity index (χ3n) is 4.83. The number of anilines is 1. The topological polar surface area (TPSA) is 70.7 Å². The highest BCUT2D eigenvalue weighted by Gasteiger charge is 2.33.